The maximum absolute atomic E-state index is 13.9. The second-order valence-electron chi connectivity index (χ2n) is 4.44. The van der Waals surface area contributed by atoms with E-state index >= 15 is 0 Å². The molecule has 0 atom stereocenters. The van der Waals surface area contributed by atoms with Gasteiger partial charge in [-0.15, -0.1) is 23.7 Å². The van der Waals surface area contributed by atoms with Gasteiger partial charge in [-0.1, -0.05) is 12.1 Å². The van der Waals surface area contributed by atoms with Crippen LogP contribution in [0.25, 0.3) is 0 Å². The first kappa shape index (κ1) is 17.7. The highest BCUT2D eigenvalue weighted by molar-refractivity contribution is 7.93. The number of carbonyl (C=O) groups is 1. The quantitative estimate of drug-likeness (QED) is 0.844. The van der Waals surface area contributed by atoms with Crippen LogP contribution in [0, 0.1) is 29.5 Å². The molecule has 0 aliphatic heterocycles. The zero-order valence-corrected chi connectivity index (χ0v) is 13.0. The minimum Gasteiger partial charge on any atom is -0.480 e. The summed E-state index contributed by atoms with van der Waals surface area (Å²) >= 11 is 0. The number of carboxylic acid groups (broad SMARTS) is 1. The number of halogens is 1. The van der Waals surface area contributed by atoms with Crippen LogP contribution in [-0.2, 0) is 14.6 Å². The molecule has 1 N–H and O–H groups in total. The topological polar surface area (TPSA) is 71.4 Å². The Kier molecular flexibility index (Phi) is 5.73. The molecule has 1 aromatic rings. The molecule has 4 nitrogen and oxygen atoms in total. The van der Waals surface area contributed by atoms with Gasteiger partial charge in [0, 0.05) is 12.8 Å². The van der Waals surface area contributed by atoms with Crippen molar-refractivity contribution in [3.8, 4) is 23.7 Å². The first-order valence-corrected chi connectivity index (χ1v) is 7.83. The molecule has 0 heterocycles. The Morgan fingerprint density at radius 3 is 2.09 bits per heavy atom. The fourth-order valence-corrected chi connectivity index (χ4v) is 3.61. The van der Waals surface area contributed by atoms with Gasteiger partial charge in [0.1, 0.15) is 10.7 Å². The van der Waals surface area contributed by atoms with Gasteiger partial charge in [-0.25, -0.2) is 12.8 Å². The van der Waals surface area contributed by atoms with Crippen molar-refractivity contribution in [1.29, 1.82) is 0 Å². The molecule has 1 rings (SSSR count). The second-order valence-corrected chi connectivity index (χ2v) is 6.67. The van der Waals surface area contributed by atoms with E-state index in [1.165, 1.54) is 26.0 Å². The van der Waals surface area contributed by atoms with Crippen LogP contribution in [0.2, 0.25) is 0 Å². The van der Waals surface area contributed by atoms with Crippen LogP contribution in [0.15, 0.2) is 29.2 Å². The van der Waals surface area contributed by atoms with E-state index in [-0.39, 0.29) is 0 Å². The number of aliphatic carboxylic acids is 1. The lowest BCUT2D eigenvalue weighted by Gasteiger charge is -2.25. The highest BCUT2D eigenvalue weighted by atomic mass is 32.2. The van der Waals surface area contributed by atoms with E-state index in [0.717, 1.165) is 12.1 Å². The van der Waals surface area contributed by atoms with Crippen molar-refractivity contribution in [2.24, 2.45) is 0 Å². The van der Waals surface area contributed by atoms with Gasteiger partial charge in [0.25, 0.3) is 0 Å². The molecule has 0 unspecified atom stereocenters. The third-order valence-corrected chi connectivity index (χ3v) is 5.53. The lowest BCUT2D eigenvalue weighted by atomic mass is 10.0. The van der Waals surface area contributed by atoms with Gasteiger partial charge < -0.3 is 5.11 Å². The Morgan fingerprint density at radius 2 is 1.68 bits per heavy atom. The average molecular weight is 322 g/mol. The summed E-state index contributed by atoms with van der Waals surface area (Å²) in [5.74, 6) is 7.30. The van der Waals surface area contributed by atoms with E-state index in [0.29, 0.717) is 0 Å². The number of hydrogen-bond acceptors (Lipinski definition) is 3. The van der Waals surface area contributed by atoms with Gasteiger partial charge in [-0.05, 0) is 26.0 Å². The van der Waals surface area contributed by atoms with Gasteiger partial charge in [-0.3, -0.25) is 4.79 Å². The summed E-state index contributed by atoms with van der Waals surface area (Å²) in [6, 6.07) is 4.67. The minimum atomic E-state index is -4.52. The van der Waals surface area contributed by atoms with E-state index in [1.807, 2.05) is 0 Å². The summed E-state index contributed by atoms with van der Waals surface area (Å²) in [4.78, 5) is 11.1. The van der Waals surface area contributed by atoms with Crippen molar-refractivity contribution >= 4 is 15.8 Å². The molecule has 0 amide bonds. The molecule has 0 aliphatic carbocycles. The fraction of sp³-hybridized carbons (Fsp3) is 0.312. The molecule has 0 spiro atoms. The maximum Gasteiger partial charge on any atom is 0.327 e. The normalized spacial score (nSPS) is 10.9. The van der Waals surface area contributed by atoms with Crippen molar-refractivity contribution in [3.05, 3.63) is 30.1 Å². The van der Waals surface area contributed by atoms with E-state index in [9.17, 15) is 22.7 Å². The Balaban J connectivity index is 3.65. The zero-order valence-electron chi connectivity index (χ0n) is 12.2. The Bertz CT molecular complexity index is 767. The highest BCUT2D eigenvalue weighted by Gasteiger charge is 2.51. The predicted octanol–water partition coefficient (Wildman–Crippen LogP) is 2.25. The number of rotatable bonds is 5. The van der Waals surface area contributed by atoms with E-state index < -0.39 is 44.1 Å². The van der Waals surface area contributed by atoms with Crippen LogP contribution < -0.4 is 0 Å². The summed E-state index contributed by atoms with van der Waals surface area (Å²) < 4.78 is 37.1. The average Bonchev–Trinajstić information content (AvgIpc) is 2.47. The summed E-state index contributed by atoms with van der Waals surface area (Å²) in [6.07, 6.45) is -0.936. The van der Waals surface area contributed by atoms with E-state index in [4.69, 9.17) is 0 Å². The Hall–Kier alpha value is -2.31. The number of carboxylic acids is 1. The van der Waals surface area contributed by atoms with Crippen LogP contribution in [0.4, 0.5) is 4.39 Å². The van der Waals surface area contributed by atoms with Crippen molar-refractivity contribution in [2.75, 3.05) is 0 Å². The second kappa shape index (κ2) is 7.11. The van der Waals surface area contributed by atoms with Gasteiger partial charge >= 0.3 is 5.97 Å². The smallest absolute Gasteiger partial charge is 0.327 e. The number of sulfone groups is 1. The molecule has 0 aliphatic rings. The minimum absolute atomic E-state index is 0.468. The molecular weight excluding hydrogens is 307 g/mol. The highest BCUT2D eigenvalue weighted by Crippen LogP contribution is 2.33. The van der Waals surface area contributed by atoms with Gasteiger partial charge in [-0.2, -0.15) is 0 Å². The predicted molar refractivity (Wildman–Crippen MR) is 80.1 cm³/mol. The number of benzene rings is 1. The lowest BCUT2D eigenvalue weighted by Crippen LogP contribution is -2.46. The van der Waals surface area contributed by atoms with Crippen molar-refractivity contribution in [1.82, 2.24) is 0 Å². The molecule has 0 saturated carbocycles. The molecule has 0 fully saturated rings. The van der Waals surface area contributed by atoms with E-state index in [1.54, 1.807) is 0 Å². The molecule has 22 heavy (non-hydrogen) atoms. The molecule has 1 aromatic carbocycles. The van der Waals surface area contributed by atoms with Crippen LogP contribution in [0.3, 0.4) is 0 Å². The largest absolute Gasteiger partial charge is 0.480 e. The van der Waals surface area contributed by atoms with Crippen LogP contribution in [0.5, 0.6) is 0 Å². The molecule has 0 aromatic heterocycles. The third kappa shape index (κ3) is 3.13. The summed E-state index contributed by atoms with van der Waals surface area (Å²) in [5.41, 5.74) is 0. The fourth-order valence-electron chi connectivity index (χ4n) is 1.85. The monoisotopic (exact) mass is 322 g/mol. The molecule has 0 radical (unpaired) electrons. The Labute approximate surface area is 129 Å². The summed E-state index contributed by atoms with van der Waals surface area (Å²) in [5, 5.41) is 9.53. The van der Waals surface area contributed by atoms with Crippen molar-refractivity contribution in [3.63, 3.8) is 0 Å². The Morgan fingerprint density at radius 1 is 1.18 bits per heavy atom. The number of hydrogen-bond donors (Lipinski definition) is 1. The third-order valence-electron chi connectivity index (χ3n) is 3.13. The van der Waals surface area contributed by atoms with Crippen LogP contribution in [-0.4, -0.2) is 24.2 Å². The summed E-state index contributed by atoms with van der Waals surface area (Å²) in [6.45, 7) is 2.93. The summed E-state index contributed by atoms with van der Waals surface area (Å²) in [7, 11) is -4.52. The molecular formula is C16H15FO4S. The molecule has 6 heteroatoms. The standard InChI is InChI=1S/C16H15FO4S/c1-3-5-11-16(15(18)19,12-6-4-2)22(20,21)14-10-8-7-9-13(14)17/h7-10H,11-12H2,1-2H3,(H,18,19). The van der Waals surface area contributed by atoms with Gasteiger partial charge in [0.2, 0.25) is 0 Å². The van der Waals surface area contributed by atoms with Gasteiger partial charge in [0.15, 0.2) is 14.6 Å². The molecule has 116 valence electrons. The first-order valence-electron chi connectivity index (χ1n) is 6.35. The lowest BCUT2D eigenvalue weighted by molar-refractivity contribution is -0.139. The molecule has 0 bridgehead atoms. The van der Waals surface area contributed by atoms with Crippen LogP contribution in [0.1, 0.15) is 26.7 Å². The maximum atomic E-state index is 13.9. The van der Waals surface area contributed by atoms with E-state index in [2.05, 4.69) is 23.7 Å². The van der Waals surface area contributed by atoms with Crippen molar-refractivity contribution in [2.45, 2.75) is 36.3 Å². The van der Waals surface area contributed by atoms with Crippen molar-refractivity contribution < 1.29 is 22.7 Å². The molecule has 0 saturated heterocycles. The first-order chi connectivity index (χ1) is 10.3. The van der Waals surface area contributed by atoms with Gasteiger partial charge in [0.05, 0.1) is 0 Å². The zero-order chi connectivity index (χ0) is 16.8. The SMILES string of the molecule is CC#CCC(CC#CC)(C(=O)O)S(=O)(=O)c1ccccc1F. The van der Waals surface area contributed by atoms with Crippen LogP contribution >= 0.6 is 0 Å².